The molecule has 0 bridgehead atoms. The first-order chi connectivity index (χ1) is 12.5. The average Bonchev–Trinajstić information content (AvgIpc) is 2.62. The molecule has 26 heavy (non-hydrogen) atoms. The molecule has 0 radical (unpaired) electrons. The summed E-state index contributed by atoms with van der Waals surface area (Å²) in [5, 5.41) is 6.36. The number of rotatable bonds is 9. The van der Waals surface area contributed by atoms with E-state index in [0.29, 0.717) is 35.3 Å². The van der Waals surface area contributed by atoms with E-state index in [4.69, 9.17) is 21.1 Å². The molecular weight excluding hydrogens is 352 g/mol. The van der Waals surface area contributed by atoms with Gasteiger partial charge in [-0.25, -0.2) is 0 Å². The van der Waals surface area contributed by atoms with Crippen molar-refractivity contribution >= 4 is 23.2 Å². The Morgan fingerprint density at radius 1 is 1.27 bits per heavy atom. The Morgan fingerprint density at radius 3 is 2.65 bits per heavy atom. The second-order valence-electron chi connectivity index (χ2n) is 5.73. The van der Waals surface area contributed by atoms with Crippen molar-refractivity contribution < 1.29 is 14.3 Å². The molecule has 2 aromatic carbocycles. The smallest absolute Gasteiger partial charge is 0.262 e. The standard InChI is InChI=1S/C20H23ClN2O3/c1-4-9-22-12-15-10-17(21)20(18(11-15)25-3)26-13-19(24)23-16-7-5-14(2)6-8-16/h4-8,10-11,22H,1,9,12-13H2,2-3H3,(H,23,24). The number of ether oxygens (including phenoxy) is 2. The fourth-order valence-electron chi connectivity index (χ4n) is 2.31. The molecule has 2 N–H and O–H groups in total. The van der Waals surface area contributed by atoms with Crippen LogP contribution in [-0.4, -0.2) is 26.2 Å². The topological polar surface area (TPSA) is 59.6 Å². The lowest BCUT2D eigenvalue weighted by molar-refractivity contribution is -0.118. The molecule has 1 amide bonds. The minimum absolute atomic E-state index is 0.169. The molecule has 0 saturated carbocycles. The van der Waals surface area contributed by atoms with Crippen molar-refractivity contribution in [1.29, 1.82) is 0 Å². The van der Waals surface area contributed by atoms with E-state index >= 15 is 0 Å². The van der Waals surface area contributed by atoms with Crippen LogP contribution < -0.4 is 20.1 Å². The number of carbonyl (C=O) groups excluding carboxylic acids is 1. The highest BCUT2D eigenvalue weighted by molar-refractivity contribution is 6.32. The summed E-state index contributed by atoms with van der Waals surface area (Å²) in [7, 11) is 1.53. The monoisotopic (exact) mass is 374 g/mol. The molecule has 2 aromatic rings. The molecule has 0 heterocycles. The van der Waals surface area contributed by atoms with Crippen LogP contribution in [0.25, 0.3) is 0 Å². The summed E-state index contributed by atoms with van der Waals surface area (Å²) in [4.78, 5) is 12.1. The Morgan fingerprint density at radius 2 is 2.00 bits per heavy atom. The second kappa shape index (κ2) is 9.85. The number of aryl methyl sites for hydroxylation is 1. The molecule has 2 rings (SSSR count). The van der Waals surface area contributed by atoms with Gasteiger partial charge in [0, 0.05) is 18.8 Å². The van der Waals surface area contributed by atoms with Gasteiger partial charge in [-0.3, -0.25) is 4.79 Å². The quantitative estimate of drug-likeness (QED) is 0.515. The van der Waals surface area contributed by atoms with Gasteiger partial charge >= 0.3 is 0 Å². The number of anilines is 1. The third-order valence-corrected chi connectivity index (χ3v) is 3.87. The van der Waals surface area contributed by atoms with Crippen molar-refractivity contribution in [2.45, 2.75) is 13.5 Å². The SMILES string of the molecule is C=CCNCc1cc(Cl)c(OCC(=O)Nc2ccc(C)cc2)c(OC)c1. The number of benzene rings is 2. The lowest BCUT2D eigenvalue weighted by atomic mass is 10.2. The van der Waals surface area contributed by atoms with Gasteiger partial charge in [-0.2, -0.15) is 0 Å². The largest absolute Gasteiger partial charge is 0.493 e. The van der Waals surface area contributed by atoms with Gasteiger partial charge in [-0.1, -0.05) is 35.4 Å². The van der Waals surface area contributed by atoms with Crippen LogP contribution in [0.2, 0.25) is 5.02 Å². The fraction of sp³-hybridized carbons (Fsp3) is 0.250. The average molecular weight is 375 g/mol. The predicted molar refractivity (Wildman–Crippen MR) is 105 cm³/mol. The van der Waals surface area contributed by atoms with E-state index in [0.717, 1.165) is 11.1 Å². The van der Waals surface area contributed by atoms with Crippen LogP contribution in [0, 0.1) is 6.92 Å². The zero-order chi connectivity index (χ0) is 18.9. The molecule has 0 aliphatic heterocycles. The Hall–Kier alpha value is -2.50. The van der Waals surface area contributed by atoms with E-state index < -0.39 is 0 Å². The summed E-state index contributed by atoms with van der Waals surface area (Å²) in [5.41, 5.74) is 2.79. The number of amides is 1. The zero-order valence-electron chi connectivity index (χ0n) is 15.0. The molecule has 0 fully saturated rings. The first-order valence-corrected chi connectivity index (χ1v) is 8.58. The maximum absolute atomic E-state index is 12.1. The number of hydrogen-bond donors (Lipinski definition) is 2. The molecule has 0 spiro atoms. The molecule has 0 aliphatic rings. The van der Waals surface area contributed by atoms with E-state index in [1.54, 1.807) is 12.1 Å². The number of halogens is 1. The number of hydrogen-bond acceptors (Lipinski definition) is 4. The van der Waals surface area contributed by atoms with Crippen LogP contribution in [0.3, 0.4) is 0 Å². The lowest BCUT2D eigenvalue weighted by Gasteiger charge is -2.14. The zero-order valence-corrected chi connectivity index (χ0v) is 15.7. The molecule has 0 aliphatic carbocycles. The number of methoxy groups -OCH3 is 1. The summed E-state index contributed by atoms with van der Waals surface area (Å²) >= 11 is 6.30. The molecule has 0 unspecified atom stereocenters. The first-order valence-electron chi connectivity index (χ1n) is 8.21. The maximum atomic E-state index is 12.1. The van der Waals surface area contributed by atoms with Crippen LogP contribution in [0.15, 0.2) is 49.1 Å². The van der Waals surface area contributed by atoms with E-state index in [9.17, 15) is 4.79 Å². The predicted octanol–water partition coefficient (Wildman–Crippen LogP) is 3.95. The summed E-state index contributed by atoms with van der Waals surface area (Å²) < 4.78 is 10.9. The van der Waals surface area contributed by atoms with Crippen LogP contribution in [0.4, 0.5) is 5.69 Å². The first kappa shape index (κ1) is 19.8. The van der Waals surface area contributed by atoms with Crippen LogP contribution >= 0.6 is 11.6 Å². The van der Waals surface area contributed by atoms with Gasteiger partial charge in [0.15, 0.2) is 18.1 Å². The minimum Gasteiger partial charge on any atom is -0.493 e. The fourth-order valence-corrected chi connectivity index (χ4v) is 2.59. The van der Waals surface area contributed by atoms with Crippen LogP contribution in [0.1, 0.15) is 11.1 Å². The highest BCUT2D eigenvalue weighted by Gasteiger charge is 2.14. The maximum Gasteiger partial charge on any atom is 0.262 e. The van der Waals surface area contributed by atoms with Crippen LogP contribution in [0.5, 0.6) is 11.5 Å². The van der Waals surface area contributed by atoms with Gasteiger partial charge in [-0.15, -0.1) is 6.58 Å². The molecule has 138 valence electrons. The van der Waals surface area contributed by atoms with Crippen LogP contribution in [-0.2, 0) is 11.3 Å². The van der Waals surface area contributed by atoms with E-state index in [-0.39, 0.29) is 12.5 Å². The van der Waals surface area contributed by atoms with E-state index in [1.807, 2.05) is 37.3 Å². The van der Waals surface area contributed by atoms with Crippen molar-refractivity contribution in [3.63, 3.8) is 0 Å². The molecule has 0 saturated heterocycles. The summed E-state index contributed by atoms with van der Waals surface area (Å²) in [6.07, 6.45) is 1.78. The molecule has 6 heteroatoms. The Labute approximate surface area is 159 Å². The summed E-state index contributed by atoms with van der Waals surface area (Å²) in [6.45, 7) is 6.79. The Bertz CT molecular complexity index is 760. The summed E-state index contributed by atoms with van der Waals surface area (Å²) in [6, 6.07) is 11.1. The van der Waals surface area contributed by atoms with Gasteiger partial charge < -0.3 is 20.1 Å². The molecule has 0 aromatic heterocycles. The molecular formula is C20H23ClN2O3. The van der Waals surface area contributed by atoms with Gasteiger partial charge in [0.2, 0.25) is 0 Å². The molecule has 0 atom stereocenters. The van der Waals surface area contributed by atoms with Crippen molar-refractivity contribution in [2.75, 3.05) is 25.6 Å². The normalized spacial score (nSPS) is 10.3. The highest BCUT2D eigenvalue weighted by Crippen LogP contribution is 2.36. The van der Waals surface area contributed by atoms with Crippen molar-refractivity contribution in [3.05, 3.63) is 65.2 Å². The van der Waals surface area contributed by atoms with Gasteiger partial charge in [0.25, 0.3) is 5.91 Å². The number of nitrogens with one attached hydrogen (secondary N) is 2. The van der Waals surface area contributed by atoms with Gasteiger partial charge in [-0.05, 0) is 36.8 Å². The Kier molecular flexibility index (Phi) is 7.51. The van der Waals surface area contributed by atoms with Crippen molar-refractivity contribution in [2.24, 2.45) is 0 Å². The van der Waals surface area contributed by atoms with Crippen molar-refractivity contribution in [3.8, 4) is 11.5 Å². The highest BCUT2D eigenvalue weighted by atomic mass is 35.5. The Balaban J connectivity index is 2.00. The van der Waals surface area contributed by atoms with E-state index in [2.05, 4.69) is 17.2 Å². The third-order valence-electron chi connectivity index (χ3n) is 3.59. The second-order valence-corrected chi connectivity index (χ2v) is 6.14. The van der Waals surface area contributed by atoms with Gasteiger partial charge in [0.05, 0.1) is 12.1 Å². The van der Waals surface area contributed by atoms with E-state index in [1.165, 1.54) is 7.11 Å². The third kappa shape index (κ3) is 5.79. The number of carbonyl (C=O) groups is 1. The van der Waals surface area contributed by atoms with Gasteiger partial charge in [0.1, 0.15) is 0 Å². The molecule has 5 nitrogen and oxygen atoms in total. The lowest BCUT2D eigenvalue weighted by Crippen LogP contribution is -2.20. The summed E-state index contributed by atoms with van der Waals surface area (Å²) in [5.74, 6) is 0.556. The minimum atomic E-state index is -0.274. The van der Waals surface area contributed by atoms with Crippen molar-refractivity contribution in [1.82, 2.24) is 5.32 Å².